The molecule has 37 heavy (non-hydrogen) atoms. The Labute approximate surface area is 219 Å². The number of morpholine rings is 1. The maximum Gasteiger partial charge on any atom is 0.318 e. The second kappa shape index (κ2) is 12.7. The smallest absolute Gasteiger partial charge is 0.318 e. The Kier molecular flexibility index (Phi) is 9.14. The van der Waals surface area contributed by atoms with E-state index in [-0.39, 0.29) is 30.6 Å². The molecule has 9 nitrogen and oxygen atoms in total. The van der Waals surface area contributed by atoms with Crippen LogP contribution in [0.1, 0.15) is 37.4 Å². The van der Waals surface area contributed by atoms with Gasteiger partial charge < -0.3 is 19.7 Å². The van der Waals surface area contributed by atoms with Crippen molar-refractivity contribution in [3.63, 3.8) is 0 Å². The summed E-state index contributed by atoms with van der Waals surface area (Å²) in [6.45, 7) is 7.92. The van der Waals surface area contributed by atoms with Gasteiger partial charge in [0.2, 0.25) is 0 Å². The van der Waals surface area contributed by atoms with Crippen molar-refractivity contribution in [2.45, 2.75) is 32.4 Å². The molecule has 0 spiro atoms. The Morgan fingerprint density at radius 2 is 1.89 bits per heavy atom. The molecule has 2 heterocycles. The fourth-order valence-corrected chi connectivity index (χ4v) is 4.57. The molecule has 2 aliphatic heterocycles. The predicted octanol–water partition coefficient (Wildman–Crippen LogP) is 3.13. The molecule has 1 atom stereocenters. The quantitative estimate of drug-likeness (QED) is 0.564. The third kappa shape index (κ3) is 7.08. The molecular formula is C28H37N5O4. The van der Waals surface area contributed by atoms with Crippen molar-refractivity contribution >= 4 is 17.6 Å². The standard InChI is InChI=1S/C28H37N5O4/c1-21(2)29-28(35)32(13-12-31-14-16-37-17-15-31)20-27(34)33-26(22-8-5-4-6-9-22)19-25(30-33)23-10-7-11-24(18-23)36-3/h4-11,18,21,26H,12-17,19-20H2,1-3H3,(H,29,35)/t26-/m1/s1. The minimum Gasteiger partial charge on any atom is -0.497 e. The van der Waals surface area contributed by atoms with Crippen LogP contribution in [0.4, 0.5) is 4.79 Å². The molecule has 1 saturated heterocycles. The summed E-state index contributed by atoms with van der Waals surface area (Å²) < 4.78 is 10.8. The molecular weight excluding hydrogens is 470 g/mol. The van der Waals surface area contributed by atoms with Gasteiger partial charge in [0, 0.05) is 44.2 Å². The third-order valence-electron chi connectivity index (χ3n) is 6.57. The summed E-state index contributed by atoms with van der Waals surface area (Å²) in [6.07, 6.45) is 0.578. The number of methoxy groups -OCH3 is 1. The highest BCUT2D eigenvalue weighted by atomic mass is 16.5. The molecule has 0 radical (unpaired) electrons. The van der Waals surface area contributed by atoms with Gasteiger partial charge in [-0.25, -0.2) is 9.80 Å². The molecule has 2 aromatic carbocycles. The number of carbonyl (C=O) groups excluding carboxylic acids is 2. The van der Waals surface area contributed by atoms with Crippen molar-refractivity contribution in [1.82, 2.24) is 20.1 Å². The van der Waals surface area contributed by atoms with Crippen LogP contribution in [-0.4, -0.2) is 91.5 Å². The van der Waals surface area contributed by atoms with E-state index in [1.165, 1.54) is 0 Å². The van der Waals surface area contributed by atoms with E-state index in [1.807, 2.05) is 68.4 Å². The van der Waals surface area contributed by atoms with Gasteiger partial charge in [0.15, 0.2) is 0 Å². The van der Waals surface area contributed by atoms with Gasteiger partial charge in [-0.05, 0) is 31.5 Å². The van der Waals surface area contributed by atoms with Gasteiger partial charge in [-0.2, -0.15) is 5.10 Å². The molecule has 3 amide bonds. The Bertz CT molecular complexity index is 1080. The maximum absolute atomic E-state index is 13.7. The number of rotatable bonds is 9. The molecule has 0 saturated carbocycles. The number of hydrogen-bond donors (Lipinski definition) is 1. The number of nitrogens with zero attached hydrogens (tertiary/aromatic N) is 4. The number of hydrogen-bond acceptors (Lipinski definition) is 6. The first-order chi connectivity index (χ1) is 17.9. The number of amides is 3. The SMILES string of the molecule is COc1cccc(C2=NN(C(=O)CN(CCN3CCOCC3)C(=O)NC(C)C)[C@@H](c3ccccc3)C2)c1. The fourth-order valence-electron chi connectivity index (χ4n) is 4.57. The predicted molar refractivity (Wildman–Crippen MR) is 143 cm³/mol. The summed E-state index contributed by atoms with van der Waals surface area (Å²) in [5.41, 5.74) is 2.73. The van der Waals surface area contributed by atoms with Crippen LogP contribution >= 0.6 is 0 Å². The van der Waals surface area contributed by atoms with E-state index in [4.69, 9.17) is 14.6 Å². The van der Waals surface area contributed by atoms with Crippen molar-refractivity contribution in [3.8, 4) is 5.75 Å². The van der Waals surface area contributed by atoms with Crippen LogP contribution < -0.4 is 10.1 Å². The van der Waals surface area contributed by atoms with Gasteiger partial charge in [-0.15, -0.1) is 0 Å². The van der Waals surface area contributed by atoms with Crippen molar-refractivity contribution < 1.29 is 19.1 Å². The molecule has 198 valence electrons. The van der Waals surface area contributed by atoms with Gasteiger partial charge in [0.25, 0.3) is 5.91 Å². The van der Waals surface area contributed by atoms with Gasteiger partial charge in [-0.1, -0.05) is 42.5 Å². The van der Waals surface area contributed by atoms with E-state index in [0.29, 0.717) is 32.7 Å². The Morgan fingerprint density at radius 1 is 1.14 bits per heavy atom. The summed E-state index contributed by atoms with van der Waals surface area (Å²) in [6, 6.07) is 17.1. The largest absolute Gasteiger partial charge is 0.497 e. The number of benzene rings is 2. The lowest BCUT2D eigenvalue weighted by Gasteiger charge is -2.31. The number of urea groups is 1. The van der Waals surface area contributed by atoms with E-state index in [2.05, 4.69) is 10.2 Å². The zero-order valence-electron chi connectivity index (χ0n) is 21.9. The van der Waals surface area contributed by atoms with E-state index in [9.17, 15) is 9.59 Å². The molecule has 1 fully saturated rings. The lowest BCUT2D eigenvalue weighted by atomic mass is 9.98. The first-order valence-electron chi connectivity index (χ1n) is 12.9. The molecule has 9 heteroatoms. The molecule has 0 aliphatic carbocycles. The summed E-state index contributed by atoms with van der Waals surface area (Å²) >= 11 is 0. The second-order valence-corrected chi connectivity index (χ2v) is 9.63. The van der Waals surface area contributed by atoms with Crippen LogP contribution in [-0.2, 0) is 9.53 Å². The topological polar surface area (TPSA) is 86.7 Å². The lowest BCUT2D eigenvalue weighted by molar-refractivity contribution is -0.133. The van der Waals surface area contributed by atoms with Gasteiger partial charge in [0.1, 0.15) is 12.3 Å². The molecule has 0 bridgehead atoms. The Morgan fingerprint density at radius 3 is 2.59 bits per heavy atom. The first-order valence-corrected chi connectivity index (χ1v) is 12.9. The fraction of sp³-hybridized carbons (Fsp3) is 0.464. The maximum atomic E-state index is 13.7. The van der Waals surface area contributed by atoms with Crippen LogP contribution in [0.15, 0.2) is 59.7 Å². The zero-order chi connectivity index (χ0) is 26.2. The molecule has 0 unspecified atom stereocenters. The van der Waals surface area contributed by atoms with E-state index >= 15 is 0 Å². The van der Waals surface area contributed by atoms with E-state index < -0.39 is 0 Å². The number of hydrazone groups is 1. The average molecular weight is 508 g/mol. The monoisotopic (exact) mass is 507 g/mol. The second-order valence-electron chi connectivity index (χ2n) is 9.63. The summed E-state index contributed by atoms with van der Waals surface area (Å²) in [5.74, 6) is 0.522. The van der Waals surface area contributed by atoms with E-state index in [0.717, 1.165) is 35.7 Å². The molecule has 1 N–H and O–H groups in total. The van der Waals surface area contributed by atoms with Gasteiger partial charge in [0.05, 0.1) is 32.1 Å². The van der Waals surface area contributed by atoms with Gasteiger partial charge in [-0.3, -0.25) is 9.69 Å². The van der Waals surface area contributed by atoms with E-state index in [1.54, 1.807) is 17.0 Å². The minimum atomic E-state index is -0.246. The highest BCUT2D eigenvalue weighted by molar-refractivity contribution is 6.03. The van der Waals surface area contributed by atoms with Crippen molar-refractivity contribution in [2.75, 3.05) is 53.0 Å². The molecule has 2 aliphatic rings. The third-order valence-corrected chi connectivity index (χ3v) is 6.57. The van der Waals surface area contributed by atoms with Crippen molar-refractivity contribution in [3.05, 3.63) is 65.7 Å². The highest BCUT2D eigenvalue weighted by Crippen LogP contribution is 2.33. The summed E-state index contributed by atoms with van der Waals surface area (Å²) in [5, 5.41) is 9.26. The van der Waals surface area contributed by atoms with Gasteiger partial charge >= 0.3 is 6.03 Å². The zero-order valence-corrected chi connectivity index (χ0v) is 21.9. The Hall–Kier alpha value is -3.43. The summed E-state index contributed by atoms with van der Waals surface area (Å²) in [4.78, 5) is 30.6. The molecule has 2 aromatic rings. The number of carbonyl (C=O) groups is 2. The van der Waals surface area contributed by atoms with Crippen LogP contribution in [0.25, 0.3) is 0 Å². The summed E-state index contributed by atoms with van der Waals surface area (Å²) in [7, 11) is 1.63. The number of ether oxygens (including phenoxy) is 2. The first kappa shape index (κ1) is 26.6. The average Bonchev–Trinajstić information content (AvgIpc) is 3.37. The highest BCUT2D eigenvalue weighted by Gasteiger charge is 2.34. The minimum absolute atomic E-state index is 0.0324. The molecule has 0 aromatic heterocycles. The van der Waals surface area contributed by atoms with Crippen LogP contribution in [0.5, 0.6) is 5.75 Å². The van der Waals surface area contributed by atoms with Crippen LogP contribution in [0.3, 0.4) is 0 Å². The van der Waals surface area contributed by atoms with Crippen molar-refractivity contribution in [2.24, 2.45) is 5.10 Å². The normalized spacial score (nSPS) is 18.0. The lowest BCUT2D eigenvalue weighted by Crippen LogP contribution is -2.50. The van der Waals surface area contributed by atoms with Crippen LogP contribution in [0.2, 0.25) is 0 Å². The Balaban J connectivity index is 1.55. The van der Waals surface area contributed by atoms with Crippen molar-refractivity contribution in [1.29, 1.82) is 0 Å². The number of nitrogens with one attached hydrogen (secondary N) is 1. The molecule has 4 rings (SSSR count). The van der Waals surface area contributed by atoms with Crippen LogP contribution in [0, 0.1) is 0 Å².